The van der Waals surface area contributed by atoms with E-state index in [9.17, 15) is 0 Å². The third kappa shape index (κ3) is 2.83. The average Bonchev–Trinajstić information content (AvgIpc) is 2.99. The molecular weight excluding hydrogens is 202 g/mol. The van der Waals surface area contributed by atoms with Crippen LogP contribution in [0.5, 0.6) is 0 Å². The van der Waals surface area contributed by atoms with E-state index in [1.165, 1.54) is 18.5 Å². The highest BCUT2D eigenvalue weighted by Crippen LogP contribution is 2.35. The molecule has 16 heavy (non-hydrogen) atoms. The van der Waals surface area contributed by atoms with E-state index in [1.54, 1.807) is 0 Å². The van der Waals surface area contributed by atoms with E-state index in [1.807, 2.05) is 12.5 Å². The van der Waals surface area contributed by atoms with Crippen molar-refractivity contribution in [2.24, 2.45) is 5.41 Å². The SMILES string of the molecule is CC(C)(CO)CNCc1cncn1C1CC1. The predicted molar refractivity (Wildman–Crippen MR) is 63.1 cm³/mol. The van der Waals surface area contributed by atoms with Crippen molar-refractivity contribution in [3.63, 3.8) is 0 Å². The molecule has 2 rings (SSSR count). The van der Waals surface area contributed by atoms with Gasteiger partial charge in [0.1, 0.15) is 0 Å². The first-order valence-electron chi connectivity index (χ1n) is 5.95. The second kappa shape index (κ2) is 4.55. The summed E-state index contributed by atoms with van der Waals surface area (Å²) in [6.45, 7) is 5.97. The Labute approximate surface area is 96.7 Å². The fraction of sp³-hybridized carbons (Fsp3) is 0.750. The molecule has 0 radical (unpaired) electrons. The number of aliphatic hydroxyl groups is 1. The Hall–Kier alpha value is -0.870. The van der Waals surface area contributed by atoms with Crippen LogP contribution in [-0.2, 0) is 6.54 Å². The average molecular weight is 223 g/mol. The van der Waals surface area contributed by atoms with Crippen LogP contribution in [0.1, 0.15) is 38.4 Å². The minimum atomic E-state index is -0.0512. The molecule has 0 aliphatic heterocycles. The second-order valence-corrected chi connectivity index (χ2v) is 5.45. The van der Waals surface area contributed by atoms with Crippen LogP contribution in [0.2, 0.25) is 0 Å². The van der Waals surface area contributed by atoms with Gasteiger partial charge < -0.3 is 15.0 Å². The lowest BCUT2D eigenvalue weighted by molar-refractivity contribution is 0.156. The highest BCUT2D eigenvalue weighted by molar-refractivity contribution is 5.03. The Morgan fingerprint density at radius 3 is 2.94 bits per heavy atom. The van der Waals surface area contributed by atoms with E-state index in [-0.39, 0.29) is 12.0 Å². The number of nitrogens with zero attached hydrogens (tertiary/aromatic N) is 2. The summed E-state index contributed by atoms with van der Waals surface area (Å²) in [5, 5.41) is 12.5. The Balaban J connectivity index is 1.83. The van der Waals surface area contributed by atoms with E-state index in [2.05, 4.69) is 28.7 Å². The quantitative estimate of drug-likeness (QED) is 0.765. The van der Waals surface area contributed by atoms with Crippen molar-refractivity contribution in [1.82, 2.24) is 14.9 Å². The van der Waals surface area contributed by atoms with Gasteiger partial charge in [0, 0.05) is 37.4 Å². The molecule has 1 aliphatic carbocycles. The van der Waals surface area contributed by atoms with Crippen LogP contribution in [0.3, 0.4) is 0 Å². The number of aliphatic hydroxyl groups excluding tert-OH is 1. The van der Waals surface area contributed by atoms with Gasteiger partial charge in [-0.15, -0.1) is 0 Å². The molecule has 0 amide bonds. The predicted octanol–water partition coefficient (Wildman–Crippen LogP) is 1.33. The van der Waals surface area contributed by atoms with E-state index in [0.717, 1.165) is 13.1 Å². The van der Waals surface area contributed by atoms with Crippen LogP contribution in [0.25, 0.3) is 0 Å². The summed E-state index contributed by atoms with van der Waals surface area (Å²) in [5.41, 5.74) is 1.20. The monoisotopic (exact) mass is 223 g/mol. The Morgan fingerprint density at radius 1 is 1.56 bits per heavy atom. The summed E-state index contributed by atoms with van der Waals surface area (Å²) in [7, 11) is 0. The zero-order valence-electron chi connectivity index (χ0n) is 10.1. The van der Waals surface area contributed by atoms with Crippen molar-refractivity contribution in [3.8, 4) is 0 Å². The van der Waals surface area contributed by atoms with Crippen LogP contribution in [-0.4, -0.2) is 27.8 Å². The van der Waals surface area contributed by atoms with Crippen molar-refractivity contribution in [3.05, 3.63) is 18.2 Å². The number of rotatable bonds is 6. The number of aromatic nitrogens is 2. The van der Waals surface area contributed by atoms with Gasteiger partial charge in [-0.25, -0.2) is 4.98 Å². The lowest BCUT2D eigenvalue weighted by Gasteiger charge is -2.22. The Bertz CT molecular complexity index is 342. The topological polar surface area (TPSA) is 50.1 Å². The van der Waals surface area contributed by atoms with Gasteiger partial charge in [0.25, 0.3) is 0 Å². The highest BCUT2D eigenvalue weighted by Gasteiger charge is 2.25. The maximum absolute atomic E-state index is 9.15. The first-order chi connectivity index (χ1) is 7.62. The number of nitrogens with one attached hydrogen (secondary N) is 1. The molecule has 0 aromatic carbocycles. The molecule has 4 heteroatoms. The summed E-state index contributed by atoms with van der Waals surface area (Å²) < 4.78 is 2.26. The molecule has 0 bridgehead atoms. The third-order valence-corrected chi connectivity index (χ3v) is 3.02. The molecule has 4 nitrogen and oxygen atoms in total. The summed E-state index contributed by atoms with van der Waals surface area (Å²) in [6, 6.07) is 0.685. The molecule has 0 saturated heterocycles. The standard InChI is InChI=1S/C12H21N3O/c1-12(2,8-16)7-13-5-11-6-14-9-15(11)10-3-4-10/h6,9-10,13,16H,3-5,7-8H2,1-2H3. The second-order valence-electron chi connectivity index (χ2n) is 5.45. The molecule has 1 aromatic rings. The molecule has 0 spiro atoms. The van der Waals surface area contributed by atoms with Crippen molar-refractivity contribution in [1.29, 1.82) is 0 Å². The van der Waals surface area contributed by atoms with Crippen molar-refractivity contribution in [2.45, 2.75) is 39.3 Å². The number of hydrogen-bond donors (Lipinski definition) is 2. The minimum Gasteiger partial charge on any atom is -0.396 e. The van der Waals surface area contributed by atoms with Gasteiger partial charge in [-0.1, -0.05) is 13.8 Å². The highest BCUT2D eigenvalue weighted by atomic mass is 16.3. The van der Waals surface area contributed by atoms with Gasteiger partial charge >= 0.3 is 0 Å². The maximum atomic E-state index is 9.15. The summed E-state index contributed by atoms with van der Waals surface area (Å²) in [4.78, 5) is 4.19. The molecule has 1 aromatic heterocycles. The van der Waals surface area contributed by atoms with Gasteiger partial charge in [0.15, 0.2) is 0 Å². The van der Waals surface area contributed by atoms with Gasteiger partial charge in [-0.2, -0.15) is 0 Å². The van der Waals surface area contributed by atoms with Crippen molar-refractivity contribution >= 4 is 0 Å². The Kier molecular flexibility index (Phi) is 3.30. The molecular formula is C12H21N3O. The fourth-order valence-electron chi connectivity index (χ4n) is 1.74. The lowest BCUT2D eigenvalue weighted by Crippen LogP contribution is -2.32. The fourth-order valence-corrected chi connectivity index (χ4v) is 1.74. The smallest absolute Gasteiger partial charge is 0.0951 e. The molecule has 0 atom stereocenters. The molecule has 0 unspecified atom stereocenters. The minimum absolute atomic E-state index is 0.0512. The van der Waals surface area contributed by atoms with Gasteiger partial charge in [-0.05, 0) is 12.8 Å². The van der Waals surface area contributed by atoms with Crippen LogP contribution >= 0.6 is 0 Å². The molecule has 1 fully saturated rings. The summed E-state index contributed by atoms with van der Waals surface area (Å²) >= 11 is 0. The van der Waals surface area contributed by atoms with E-state index in [0.29, 0.717) is 6.04 Å². The van der Waals surface area contributed by atoms with Crippen molar-refractivity contribution in [2.75, 3.05) is 13.2 Å². The van der Waals surface area contributed by atoms with Crippen LogP contribution in [0.15, 0.2) is 12.5 Å². The Morgan fingerprint density at radius 2 is 2.31 bits per heavy atom. The summed E-state index contributed by atoms with van der Waals surface area (Å²) in [5.74, 6) is 0. The first kappa shape index (κ1) is 11.6. The molecule has 90 valence electrons. The molecule has 1 saturated carbocycles. The van der Waals surface area contributed by atoms with Crippen LogP contribution in [0.4, 0.5) is 0 Å². The van der Waals surface area contributed by atoms with Gasteiger partial charge in [0.05, 0.1) is 12.0 Å². The zero-order chi connectivity index (χ0) is 11.6. The zero-order valence-corrected chi connectivity index (χ0v) is 10.1. The van der Waals surface area contributed by atoms with Gasteiger partial charge in [0.2, 0.25) is 0 Å². The number of imidazole rings is 1. The normalized spacial score (nSPS) is 16.7. The molecule has 1 heterocycles. The van der Waals surface area contributed by atoms with E-state index >= 15 is 0 Å². The molecule has 2 N–H and O–H groups in total. The lowest BCUT2D eigenvalue weighted by atomic mass is 9.95. The van der Waals surface area contributed by atoms with Crippen LogP contribution in [0, 0.1) is 5.41 Å². The van der Waals surface area contributed by atoms with Crippen LogP contribution < -0.4 is 5.32 Å². The first-order valence-corrected chi connectivity index (χ1v) is 5.95. The molecule has 1 aliphatic rings. The van der Waals surface area contributed by atoms with Crippen molar-refractivity contribution < 1.29 is 5.11 Å². The van der Waals surface area contributed by atoms with Gasteiger partial charge in [-0.3, -0.25) is 0 Å². The largest absolute Gasteiger partial charge is 0.396 e. The van der Waals surface area contributed by atoms with E-state index in [4.69, 9.17) is 5.11 Å². The number of hydrogen-bond acceptors (Lipinski definition) is 3. The summed E-state index contributed by atoms with van der Waals surface area (Å²) in [6.07, 6.45) is 6.42. The third-order valence-electron chi connectivity index (χ3n) is 3.02. The maximum Gasteiger partial charge on any atom is 0.0951 e. The van der Waals surface area contributed by atoms with E-state index < -0.39 is 0 Å².